The highest BCUT2D eigenvalue weighted by Gasteiger charge is 2.53. The summed E-state index contributed by atoms with van der Waals surface area (Å²) in [6.45, 7) is 8.46. The molecule has 30 heavy (non-hydrogen) atoms. The number of carbonyl (C=O) groups is 2. The van der Waals surface area contributed by atoms with E-state index in [0.29, 0.717) is 0 Å². The average Bonchev–Trinajstić information content (AvgIpc) is 2.63. The van der Waals surface area contributed by atoms with Gasteiger partial charge in [-0.2, -0.15) is 4.89 Å². The van der Waals surface area contributed by atoms with Gasteiger partial charge in [0.25, 0.3) is 3.79 Å². The summed E-state index contributed by atoms with van der Waals surface area (Å²) >= 11 is 17.0. The summed E-state index contributed by atoms with van der Waals surface area (Å²) in [7, 11) is 1.15. The molecule has 0 aromatic rings. The minimum Gasteiger partial charge on any atom is -0.467 e. The van der Waals surface area contributed by atoms with Gasteiger partial charge >= 0.3 is 11.9 Å². The topological polar surface area (TPSA) is 113 Å². The summed E-state index contributed by atoms with van der Waals surface area (Å²) in [5.41, 5.74) is 0.793. The van der Waals surface area contributed by atoms with Crippen molar-refractivity contribution >= 4 is 52.6 Å². The molecule has 5 atom stereocenters. The van der Waals surface area contributed by atoms with E-state index in [1.165, 1.54) is 6.26 Å². The third kappa shape index (κ3) is 7.46. The Kier molecular flexibility index (Phi) is 10.2. The van der Waals surface area contributed by atoms with E-state index >= 15 is 0 Å². The number of esters is 2. The van der Waals surface area contributed by atoms with Crippen molar-refractivity contribution in [2.45, 2.75) is 63.0 Å². The number of hydrogen-bond acceptors (Lipinski definition) is 9. The minimum absolute atomic E-state index is 0.455. The second-order valence-corrected chi connectivity index (χ2v) is 9.44. The predicted octanol–water partition coefficient (Wildman–Crippen LogP) is 3.69. The van der Waals surface area contributed by atoms with Crippen LogP contribution in [0.1, 0.15) is 34.6 Å². The normalized spacial score (nSPS) is 26.5. The average molecular weight is 491 g/mol. The van der Waals surface area contributed by atoms with E-state index in [9.17, 15) is 9.59 Å². The van der Waals surface area contributed by atoms with Crippen molar-refractivity contribution in [3.63, 3.8) is 0 Å². The van der Waals surface area contributed by atoms with Gasteiger partial charge in [0.2, 0.25) is 12.2 Å². The Morgan fingerprint density at radius 1 is 1.13 bits per heavy atom. The highest BCUT2D eigenvalue weighted by molar-refractivity contribution is 6.76. The molecular weight excluding hydrogens is 465 g/mol. The molecule has 1 aliphatic rings. The molecule has 1 rings (SSSR count). The molecule has 0 unspecified atom stereocenters. The van der Waals surface area contributed by atoms with E-state index in [2.05, 4.69) is 0 Å². The van der Waals surface area contributed by atoms with Gasteiger partial charge in [0.05, 0.1) is 13.0 Å². The summed E-state index contributed by atoms with van der Waals surface area (Å²) in [5.74, 6) is -3.29. The van der Waals surface area contributed by atoms with Crippen molar-refractivity contribution in [2.24, 2.45) is 11.8 Å². The maximum atomic E-state index is 12.3. The van der Waals surface area contributed by atoms with Crippen LogP contribution in [0.4, 0.5) is 0 Å². The molecule has 12 heteroatoms. The van der Waals surface area contributed by atoms with Crippen LogP contribution in [0.3, 0.4) is 0 Å². The molecule has 1 N–H and O–H groups in total. The molecule has 0 bridgehead atoms. The summed E-state index contributed by atoms with van der Waals surface area (Å²) in [5, 5.41) is 7.81. The first-order valence-corrected chi connectivity index (χ1v) is 10.1. The van der Waals surface area contributed by atoms with Crippen molar-refractivity contribution in [1.29, 1.82) is 5.41 Å². The molecular formula is C18H26Cl3NO8. The van der Waals surface area contributed by atoms with Gasteiger partial charge in [0, 0.05) is 5.92 Å². The number of nitrogens with one attached hydrogen (secondary N) is 1. The largest absolute Gasteiger partial charge is 0.467 e. The number of halogens is 3. The molecule has 0 spiro atoms. The number of alkyl halides is 3. The zero-order chi connectivity index (χ0) is 23.2. The van der Waals surface area contributed by atoms with Crippen molar-refractivity contribution in [2.75, 3.05) is 7.11 Å². The first-order chi connectivity index (χ1) is 13.8. The monoisotopic (exact) mass is 489 g/mol. The van der Waals surface area contributed by atoms with Crippen LogP contribution in [-0.4, -0.2) is 53.3 Å². The number of ether oxygens (including phenoxy) is 4. The van der Waals surface area contributed by atoms with Gasteiger partial charge < -0.3 is 23.8 Å². The number of carbonyl (C=O) groups excluding carboxylic acids is 2. The van der Waals surface area contributed by atoms with Gasteiger partial charge in [-0.1, -0.05) is 55.6 Å². The van der Waals surface area contributed by atoms with Crippen molar-refractivity contribution < 1.29 is 38.3 Å². The second-order valence-electron chi connectivity index (χ2n) is 7.16. The van der Waals surface area contributed by atoms with E-state index in [1.54, 1.807) is 34.6 Å². The second kappa shape index (κ2) is 11.4. The fraction of sp³-hybridized carbons (Fsp3) is 0.722. The zero-order valence-electron chi connectivity index (χ0n) is 17.4. The van der Waals surface area contributed by atoms with Crippen LogP contribution in [0.5, 0.6) is 0 Å². The fourth-order valence-corrected chi connectivity index (χ4v) is 2.49. The molecule has 0 radical (unpaired) electrons. The van der Waals surface area contributed by atoms with Gasteiger partial charge in [0.1, 0.15) is 12.4 Å². The first kappa shape index (κ1) is 26.8. The van der Waals surface area contributed by atoms with Crippen LogP contribution >= 0.6 is 34.8 Å². The number of hydrogen-bond donors (Lipinski definition) is 1. The molecule has 0 aliphatic carbocycles. The van der Waals surface area contributed by atoms with E-state index in [4.69, 9.17) is 68.9 Å². The molecule has 0 aromatic carbocycles. The van der Waals surface area contributed by atoms with Crippen molar-refractivity contribution in [3.8, 4) is 0 Å². The standard InChI is InChI=1S/C18H26Cl3NO8/c1-8(2)7-26-30-12-10(5)11(27-14(23)9(3)4)13(15(24)25-6)28-16(12)29-17(22)18(19,20)21/h7,9-13,16,22H,1-6H3/t10-,11-,12+,13-,16+/m0/s1. The van der Waals surface area contributed by atoms with E-state index in [-0.39, 0.29) is 0 Å². The number of rotatable bonds is 7. The highest BCUT2D eigenvalue weighted by Crippen LogP contribution is 2.35. The third-order valence-corrected chi connectivity index (χ3v) is 4.50. The summed E-state index contributed by atoms with van der Waals surface area (Å²) < 4.78 is 19.0. The lowest BCUT2D eigenvalue weighted by atomic mass is 9.90. The lowest BCUT2D eigenvalue weighted by Gasteiger charge is -2.42. The molecule has 1 fully saturated rings. The lowest BCUT2D eigenvalue weighted by molar-refractivity contribution is -0.367. The minimum atomic E-state index is -2.18. The van der Waals surface area contributed by atoms with Crippen LogP contribution in [-0.2, 0) is 38.3 Å². The molecule has 1 saturated heterocycles. The zero-order valence-corrected chi connectivity index (χ0v) is 19.7. The molecule has 172 valence electrons. The smallest absolute Gasteiger partial charge is 0.339 e. The van der Waals surface area contributed by atoms with Gasteiger partial charge in [-0.3, -0.25) is 10.2 Å². The number of methoxy groups -OCH3 is 1. The Morgan fingerprint density at radius 2 is 1.73 bits per heavy atom. The number of allylic oxidation sites excluding steroid dienone is 1. The predicted molar refractivity (Wildman–Crippen MR) is 109 cm³/mol. The molecule has 1 heterocycles. The highest BCUT2D eigenvalue weighted by atomic mass is 35.6. The van der Waals surface area contributed by atoms with Gasteiger partial charge in [0.15, 0.2) is 12.2 Å². The summed E-state index contributed by atoms with van der Waals surface area (Å²) in [6, 6.07) is 0. The van der Waals surface area contributed by atoms with Crippen LogP contribution in [0, 0.1) is 17.2 Å². The SMILES string of the molecule is COC(=O)[C@H]1O[C@H](OC(=N)C(Cl)(Cl)Cl)[C@H](OOC=C(C)C)[C@@H](C)[C@@H]1OC(=O)C(C)C. The molecule has 0 saturated carbocycles. The first-order valence-electron chi connectivity index (χ1n) is 9.01. The van der Waals surface area contributed by atoms with E-state index < -0.39 is 58.1 Å². The van der Waals surface area contributed by atoms with Gasteiger partial charge in [-0.05, 0) is 19.4 Å². The quantitative estimate of drug-likeness (QED) is 0.109. The Morgan fingerprint density at radius 3 is 2.20 bits per heavy atom. The van der Waals surface area contributed by atoms with Crippen LogP contribution in [0.25, 0.3) is 0 Å². The Balaban J connectivity index is 3.24. The molecule has 0 aromatic heterocycles. The van der Waals surface area contributed by atoms with Crippen molar-refractivity contribution in [3.05, 3.63) is 11.8 Å². The Bertz CT molecular complexity index is 660. The van der Waals surface area contributed by atoms with Crippen LogP contribution in [0.2, 0.25) is 0 Å². The Hall–Kier alpha value is -1.26. The maximum Gasteiger partial charge on any atom is 0.339 e. The molecule has 0 amide bonds. The van der Waals surface area contributed by atoms with Gasteiger partial charge in [-0.15, -0.1) is 0 Å². The van der Waals surface area contributed by atoms with Crippen LogP contribution < -0.4 is 0 Å². The molecule has 9 nitrogen and oxygen atoms in total. The lowest BCUT2D eigenvalue weighted by Crippen LogP contribution is -2.59. The van der Waals surface area contributed by atoms with E-state index in [1.807, 2.05) is 0 Å². The Labute approximate surface area is 190 Å². The third-order valence-electron chi connectivity index (χ3n) is 3.98. The van der Waals surface area contributed by atoms with Crippen LogP contribution in [0.15, 0.2) is 11.8 Å². The maximum absolute atomic E-state index is 12.3. The molecule has 1 aliphatic heterocycles. The van der Waals surface area contributed by atoms with Crippen molar-refractivity contribution in [1.82, 2.24) is 0 Å². The fourth-order valence-electron chi connectivity index (χ4n) is 2.35. The summed E-state index contributed by atoms with van der Waals surface area (Å²) in [4.78, 5) is 34.9. The van der Waals surface area contributed by atoms with Gasteiger partial charge in [-0.25, -0.2) is 4.79 Å². The van der Waals surface area contributed by atoms with E-state index in [0.717, 1.165) is 12.7 Å². The summed E-state index contributed by atoms with van der Waals surface area (Å²) in [6.07, 6.45) is -3.62.